The minimum Gasteiger partial charge on any atom is -0.310 e. The fourth-order valence-corrected chi connectivity index (χ4v) is 10.7. The highest BCUT2D eigenvalue weighted by Gasteiger charge is 2.21. The number of hydrogen-bond donors (Lipinski definition) is 0. The first-order valence-corrected chi connectivity index (χ1v) is 22.3. The van der Waals surface area contributed by atoms with Crippen molar-refractivity contribution in [1.29, 1.82) is 0 Å². The van der Waals surface area contributed by atoms with Gasteiger partial charge in [-0.2, -0.15) is 0 Å². The Morgan fingerprint density at radius 1 is 0.302 bits per heavy atom. The second-order valence-electron chi connectivity index (χ2n) is 16.1. The molecule has 0 saturated heterocycles. The lowest BCUT2D eigenvalue weighted by atomic mass is 9.88. The Morgan fingerprint density at radius 3 is 1.46 bits per heavy atom. The highest BCUT2D eigenvalue weighted by atomic mass is 32.1. The standard InChI is InChI=1S/C60H40N2S/c1-2-16-42(17-3-1)47-18-4-5-19-48(47)49-20-6-7-21-50(49)51-22-8-12-26-56(51)61(44-33-30-41(31-34-44)43-32-39-55-54-25-11-15-29-59(54)63-60(55)40-43)45-35-37-46(38-36-45)62-57-27-13-9-23-52(57)53-24-10-14-28-58(53)62/h1-40H. The van der Waals surface area contributed by atoms with Crippen LogP contribution < -0.4 is 4.90 Å². The van der Waals surface area contributed by atoms with E-state index in [0.717, 1.165) is 28.3 Å². The molecule has 0 aliphatic rings. The first-order chi connectivity index (χ1) is 31.3. The van der Waals surface area contributed by atoms with E-state index >= 15 is 0 Å². The molecule has 2 aromatic heterocycles. The van der Waals surface area contributed by atoms with Gasteiger partial charge < -0.3 is 9.47 Å². The molecule has 0 atom stereocenters. The number of aromatic nitrogens is 1. The van der Waals surface area contributed by atoms with Gasteiger partial charge in [0.1, 0.15) is 0 Å². The van der Waals surface area contributed by atoms with E-state index in [0.29, 0.717) is 0 Å². The summed E-state index contributed by atoms with van der Waals surface area (Å²) in [7, 11) is 0. The molecule has 10 aromatic carbocycles. The van der Waals surface area contributed by atoms with Gasteiger partial charge in [-0.05, 0) is 106 Å². The van der Waals surface area contributed by atoms with Crippen LogP contribution in [0.5, 0.6) is 0 Å². The highest BCUT2D eigenvalue weighted by Crippen LogP contribution is 2.46. The Bertz CT molecular complexity index is 3560. The van der Waals surface area contributed by atoms with Crippen LogP contribution in [0.3, 0.4) is 0 Å². The Kier molecular flexibility index (Phi) is 9.06. The van der Waals surface area contributed by atoms with E-state index < -0.39 is 0 Å². The molecule has 12 aromatic rings. The summed E-state index contributed by atoms with van der Waals surface area (Å²) >= 11 is 1.86. The van der Waals surface area contributed by atoms with Crippen molar-refractivity contribution in [1.82, 2.24) is 4.57 Å². The minimum atomic E-state index is 1.08. The van der Waals surface area contributed by atoms with Crippen LogP contribution in [-0.4, -0.2) is 4.57 Å². The number of hydrogen-bond acceptors (Lipinski definition) is 2. The third-order valence-corrected chi connectivity index (χ3v) is 13.6. The smallest absolute Gasteiger partial charge is 0.0541 e. The van der Waals surface area contributed by atoms with Crippen LogP contribution in [0.15, 0.2) is 243 Å². The van der Waals surface area contributed by atoms with E-state index in [9.17, 15) is 0 Å². The Labute approximate surface area is 370 Å². The molecule has 2 nitrogen and oxygen atoms in total. The molecule has 0 spiro atoms. The molecule has 0 unspecified atom stereocenters. The van der Waals surface area contributed by atoms with Crippen molar-refractivity contribution in [3.63, 3.8) is 0 Å². The predicted octanol–water partition coefficient (Wildman–Crippen LogP) is 17.3. The molecule has 12 rings (SSSR count). The average molecular weight is 821 g/mol. The van der Waals surface area contributed by atoms with Crippen LogP contribution >= 0.6 is 11.3 Å². The molecule has 63 heavy (non-hydrogen) atoms. The quantitative estimate of drug-likeness (QED) is 0.148. The van der Waals surface area contributed by atoms with Gasteiger partial charge in [-0.25, -0.2) is 0 Å². The molecule has 0 saturated carbocycles. The van der Waals surface area contributed by atoms with Gasteiger partial charge >= 0.3 is 0 Å². The van der Waals surface area contributed by atoms with Gasteiger partial charge in [0.05, 0.1) is 16.7 Å². The summed E-state index contributed by atoms with van der Waals surface area (Å²) in [6.45, 7) is 0. The Hall–Kier alpha value is -7.98. The summed E-state index contributed by atoms with van der Waals surface area (Å²) in [4.78, 5) is 2.42. The lowest BCUT2D eigenvalue weighted by Crippen LogP contribution is -2.11. The second kappa shape index (κ2) is 15.5. The number of fused-ring (bicyclic) bond motifs is 6. The average Bonchev–Trinajstić information content (AvgIpc) is 3.90. The molecule has 0 radical (unpaired) electrons. The fourth-order valence-electron chi connectivity index (χ4n) is 9.52. The van der Waals surface area contributed by atoms with Crippen LogP contribution in [0.1, 0.15) is 0 Å². The zero-order valence-electron chi connectivity index (χ0n) is 34.4. The molecule has 3 heteroatoms. The first-order valence-electron chi connectivity index (χ1n) is 21.5. The molecular formula is C60H40N2S. The topological polar surface area (TPSA) is 8.17 Å². The fraction of sp³-hybridized carbons (Fsp3) is 0. The van der Waals surface area contributed by atoms with Crippen LogP contribution in [0, 0.1) is 0 Å². The van der Waals surface area contributed by atoms with Crippen molar-refractivity contribution in [3.8, 4) is 50.2 Å². The number of rotatable bonds is 8. The lowest BCUT2D eigenvalue weighted by molar-refractivity contribution is 1.17. The summed E-state index contributed by atoms with van der Waals surface area (Å²) in [5.41, 5.74) is 16.3. The number of benzene rings is 10. The molecule has 2 heterocycles. The molecule has 0 aliphatic heterocycles. The zero-order chi connectivity index (χ0) is 41.7. The maximum absolute atomic E-state index is 2.42. The van der Waals surface area contributed by atoms with Gasteiger partial charge in [-0.3, -0.25) is 0 Å². The maximum atomic E-state index is 2.42. The minimum absolute atomic E-state index is 1.08. The molecule has 0 bridgehead atoms. The maximum Gasteiger partial charge on any atom is 0.0541 e. The second-order valence-corrected chi connectivity index (χ2v) is 17.1. The van der Waals surface area contributed by atoms with Crippen LogP contribution in [0.2, 0.25) is 0 Å². The Balaban J connectivity index is 1.01. The highest BCUT2D eigenvalue weighted by molar-refractivity contribution is 7.25. The summed E-state index contributed by atoms with van der Waals surface area (Å²) in [5, 5.41) is 5.15. The summed E-state index contributed by atoms with van der Waals surface area (Å²) in [6.07, 6.45) is 0. The van der Waals surface area contributed by atoms with Crippen LogP contribution in [0.4, 0.5) is 17.1 Å². The summed E-state index contributed by atoms with van der Waals surface area (Å²) < 4.78 is 5.02. The van der Waals surface area contributed by atoms with Gasteiger partial charge in [0.25, 0.3) is 0 Å². The van der Waals surface area contributed by atoms with E-state index in [4.69, 9.17) is 0 Å². The van der Waals surface area contributed by atoms with E-state index in [-0.39, 0.29) is 0 Å². The largest absolute Gasteiger partial charge is 0.310 e. The summed E-state index contributed by atoms with van der Waals surface area (Å²) in [6, 6.07) is 88.4. The SMILES string of the molecule is c1ccc(-c2ccccc2-c2ccccc2-c2ccccc2N(c2ccc(-c3ccc4c(c3)sc3ccccc34)cc2)c2ccc(-n3c4ccccc4c4ccccc43)cc2)cc1. The van der Waals surface area contributed by atoms with Crippen molar-refractivity contribution in [2.75, 3.05) is 4.90 Å². The van der Waals surface area contributed by atoms with Gasteiger partial charge in [0.2, 0.25) is 0 Å². The van der Waals surface area contributed by atoms with Gasteiger partial charge in [0, 0.05) is 53.6 Å². The first kappa shape index (κ1) is 36.8. The lowest BCUT2D eigenvalue weighted by Gasteiger charge is -2.29. The number of thiophene rings is 1. The molecular weight excluding hydrogens is 781 g/mol. The Morgan fingerprint density at radius 2 is 0.778 bits per heavy atom. The van der Waals surface area contributed by atoms with Crippen molar-refractivity contribution in [2.24, 2.45) is 0 Å². The van der Waals surface area contributed by atoms with Crippen molar-refractivity contribution < 1.29 is 0 Å². The molecule has 0 amide bonds. The number of nitrogens with zero attached hydrogens (tertiary/aromatic N) is 2. The van der Waals surface area contributed by atoms with Gasteiger partial charge in [0.15, 0.2) is 0 Å². The third kappa shape index (κ3) is 6.41. The molecule has 0 N–H and O–H groups in total. The zero-order valence-corrected chi connectivity index (χ0v) is 35.2. The predicted molar refractivity (Wildman–Crippen MR) is 270 cm³/mol. The van der Waals surface area contributed by atoms with E-state index in [1.807, 2.05) is 11.3 Å². The molecule has 0 fully saturated rings. The van der Waals surface area contributed by atoms with Crippen molar-refractivity contribution >= 4 is 70.4 Å². The van der Waals surface area contributed by atoms with Crippen molar-refractivity contribution in [3.05, 3.63) is 243 Å². The molecule has 296 valence electrons. The van der Waals surface area contributed by atoms with E-state index in [2.05, 4.69) is 252 Å². The van der Waals surface area contributed by atoms with Crippen LogP contribution in [0.25, 0.3) is 92.2 Å². The number of para-hydroxylation sites is 3. The van der Waals surface area contributed by atoms with Gasteiger partial charge in [-0.1, -0.05) is 176 Å². The van der Waals surface area contributed by atoms with Gasteiger partial charge in [-0.15, -0.1) is 11.3 Å². The van der Waals surface area contributed by atoms with Crippen molar-refractivity contribution in [2.45, 2.75) is 0 Å². The summed E-state index contributed by atoms with van der Waals surface area (Å²) in [5.74, 6) is 0. The number of anilines is 3. The van der Waals surface area contributed by atoms with Crippen LogP contribution in [-0.2, 0) is 0 Å². The normalized spacial score (nSPS) is 11.5. The molecule has 0 aliphatic carbocycles. The van der Waals surface area contributed by atoms with E-state index in [1.165, 1.54) is 80.9 Å². The van der Waals surface area contributed by atoms with E-state index in [1.54, 1.807) is 0 Å². The third-order valence-electron chi connectivity index (χ3n) is 12.4. The monoisotopic (exact) mass is 820 g/mol.